The van der Waals surface area contributed by atoms with Gasteiger partial charge in [-0.2, -0.15) is 5.01 Å². The van der Waals surface area contributed by atoms with E-state index in [1.165, 1.54) is 13.8 Å². The summed E-state index contributed by atoms with van der Waals surface area (Å²) in [6.07, 6.45) is 0. The predicted molar refractivity (Wildman–Crippen MR) is 57.1 cm³/mol. The number of imide groups is 1. The maximum atomic E-state index is 11.6. The molecule has 5 nitrogen and oxygen atoms in total. The average Bonchev–Trinajstić information content (AvgIpc) is 2.25. The fourth-order valence-corrected chi connectivity index (χ4v) is 1.13. The van der Waals surface area contributed by atoms with E-state index in [4.69, 9.17) is 0 Å². The van der Waals surface area contributed by atoms with E-state index in [1.54, 1.807) is 30.3 Å². The second kappa shape index (κ2) is 5.06. The third-order valence-corrected chi connectivity index (χ3v) is 1.88. The quantitative estimate of drug-likeness (QED) is 0.709. The maximum absolute atomic E-state index is 11.6. The number of carbonyl (C=O) groups excluding carboxylic acids is 3. The Balaban J connectivity index is 2.77. The molecule has 1 N–H and O–H groups in total. The van der Waals surface area contributed by atoms with Gasteiger partial charge in [-0.05, 0) is 12.1 Å². The lowest BCUT2D eigenvalue weighted by Crippen LogP contribution is -2.47. The van der Waals surface area contributed by atoms with E-state index in [2.05, 4.69) is 5.43 Å². The predicted octanol–water partition coefficient (Wildman–Crippen LogP) is 0.726. The van der Waals surface area contributed by atoms with E-state index in [-0.39, 0.29) is 0 Å². The summed E-state index contributed by atoms with van der Waals surface area (Å²) in [5.74, 6) is -1.56. The molecule has 5 heteroatoms. The van der Waals surface area contributed by atoms with Crippen LogP contribution in [0.25, 0.3) is 0 Å². The molecular formula is C11H12N2O3. The Hall–Kier alpha value is -2.17. The van der Waals surface area contributed by atoms with Gasteiger partial charge in [0.15, 0.2) is 0 Å². The molecular weight excluding hydrogens is 208 g/mol. The highest BCUT2D eigenvalue weighted by Gasteiger charge is 2.17. The molecule has 0 radical (unpaired) electrons. The van der Waals surface area contributed by atoms with Crippen LogP contribution in [-0.4, -0.2) is 22.7 Å². The Morgan fingerprint density at radius 1 is 1.00 bits per heavy atom. The molecule has 1 aromatic carbocycles. The van der Waals surface area contributed by atoms with Crippen molar-refractivity contribution in [2.75, 3.05) is 0 Å². The molecule has 0 aromatic heterocycles. The zero-order valence-corrected chi connectivity index (χ0v) is 9.06. The summed E-state index contributed by atoms with van der Waals surface area (Å²) in [6.45, 7) is 2.40. The smallest absolute Gasteiger partial charge is 0.270 e. The molecule has 16 heavy (non-hydrogen) atoms. The Morgan fingerprint density at radius 2 is 1.50 bits per heavy atom. The number of hydrazine groups is 1. The highest BCUT2D eigenvalue weighted by molar-refractivity contribution is 6.00. The monoisotopic (exact) mass is 220 g/mol. The van der Waals surface area contributed by atoms with E-state index in [0.29, 0.717) is 10.6 Å². The minimum absolute atomic E-state index is 0.384. The summed E-state index contributed by atoms with van der Waals surface area (Å²) in [4.78, 5) is 33.7. The van der Waals surface area contributed by atoms with Crippen molar-refractivity contribution < 1.29 is 14.4 Å². The van der Waals surface area contributed by atoms with Crippen molar-refractivity contribution in [1.29, 1.82) is 0 Å². The van der Waals surface area contributed by atoms with Crippen molar-refractivity contribution in [3.05, 3.63) is 35.9 Å². The summed E-state index contributed by atoms with van der Waals surface area (Å²) >= 11 is 0. The number of rotatable bonds is 1. The number of amides is 3. The van der Waals surface area contributed by atoms with E-state index in [1.807, 2.05) is 0 Å². The Bertz CT molecular complexity index is 400. The van der Waals surface area contributed by atoms with Gasteiger partial charge in [0, 0.05) is 19.4 Å². The van der Waals surface area contributed by atoms with Crippen LogP contribution in [0.4, 0.5) is 0 Å². The number of nitrogens with zero attached hydrogens (tertiary/aromatic N) is 1. The summed E-state index contributed by atoms with van der Waals surface area (Å²) < 4.78 is 0. The Kier molecular flexibility index (Phi) is 3.77. The summed E-state index contributed by atoms with van der Waals surface area (Å²) in [6, 6.07) is 8.34. The number of benzene rings is 1. The molecule has 3 amide bonds. The van der Waals surface area contributed by atoms with Crippen LogP contribution < -0.4 is 5.43 Å². The van der Waals surface area contributed by atoms with Crippen LogP contribution in [-0.2, 0) is 9.59 Å². The van der Waals surface area contributed by atoms with E-state index in [9.17, 15) is 14.4 Å². The van der Waals surface area contributed by atoms with Gasteiger partial charge in [-0.3, -0.25) is 19.8 Å². The first-order valence-corrected chi connectivity index (χ1v) is 4.69. The lowest BCUT2D eigenvalue weighted by atomic mass is 10.2. The Morgan fingerprint density at radius 3 is 1.94 bits per heavy atom. The van der Waals surface area contributed by atoms with Crippen LogP contribution in [0, 0.1) is 0 Å². The molecule has 0 fully saturated rings. The highest BCUT2D eigenvalue weighted by Crippen LogP contribution is 1.98. The molecule has 0 saturated carbocycles. The van der Waals surface area contributed by atoms with Crippen LogP contribution in [0.5, 0.6) is 0 Å². The third-order valence-electron chi connectivity index (χ3n) is 1.88. The van der Waals surface area contributed by atoms with Crippen molar-refractivity contribution in [3.8, 4) is 0 Å². The second-order valence-electron chi connectivity index (χ2n) is 3.18. The molecule has 84 valence electrons. The zero-order chi connectivity index (χ0) is 12.1. The molecule has 0 unspecified atom stereocenters. The number of carbonyl (C=O) groups is 3. The zero-order valence-electron chi connectivity index (χ0n) is 9.06. The summed E-state index contributed by atoms with van der Waals surface area (Å²) in [5.41, 5.74) is 2.61. The fourth-order valence-electron chi connectivity index (χ4n) is 1.13. The van der Waals surface area contributed by atoms with E-state index >= 15 is 0 Å². The number of hydrogen-bond donors (Lipinski definition) is 1. The van der Waals surface area contributed by atoms with Crippen LogP contribution >= 0.6 is 0 Å². The van der Waals surface area contributed by atoms with Gasteiger partial charge in [0.25, 0.3) is 5.91 Å². The largest absolute Gasteiger partial charge is 0.273 e. The molecule has 0 heterocycles. The normalized spacial score (nSPS) is 9.38. The van der Waals surface area contributed by atoms with Gasteiger partial charge in [-0.25, -0.2) is 0 Å². The van der Waals surface area contributed by atoms with Gasteiger partial charge >= 0.3 is 0 Å². The molecule has 0 bridgehead atoms. The van der Waals surface area contributed by atoms with Gasteiger partial charge in [0.2, 0.25) is 11.8 Å². The van der Waals surface area contributed by atoms with Crippen LogP contribution in [0.15, 0.2) is 30.3 Å². The molecule has 0 saturated heterocycles. The molecule has 0 aliphatic carbocycles. The topological polar surface area (TPSA) is 66.5 Å². The van der Waals surface area contributed by atoms with E-state index in [0.717, 1.165) is 0 Å². The van der Waals surface area contributed by atoms with Gasteiger partial charge in [-0.15, -0.1) is 0 Å². The molecule has 1 aromatic rings. The SMILES string of the molecule is CC(=O)N(NC(=O)c1ccccc1)C(C)=O. The van der Waals surface area contributed by atoms with Gasteiger partial charge in [0.05, 0.1) is 0 Å². The van der Waals surface area contributed by atoms with Gasteiger partial charge < -0.3 is 0 Å². The van der Waals surface area contributed by atoms with Crippen LogP contribution in [0.2, 0.25) is 0 Å². The van der Waals surface area contributed by atoms with Crippen molar-refractivity contribution >= 4 is 17.7 Å². The second-order valence-corrected chi connectivity index (χ2v) is 3.18. The Labute approximate surface area is 93.0 Å². The summed E-state index contributed by atoms with van der Waals surface area (Å²) in [7, 11) is 0. The first-order chi connectivity index (χ1) is 7.52. The molecule has 0 atom stereocenters. The third kappa shape index (κ3) is 2.91. The molecule has 1 rings (SSSR count). The standard InChI is InChI=1S/C11H12N2O3/c1-8(14)13(9(2)15)12-11(16)10-6-4-3-5-7-10/h3-7H,1-2H3,(H,12,16). The maximum Gasteiger partial charge on any atom is 0.270 e. The van der Waals surface area contributed by atoms with E-state index < -0.39 is 17.7 Å². The lowest BCUT2D eigenvalue weighted by Gasteiger charge is -2.17. The summed E-state index contributed by atoms with van der Waals surface area (Å²) in [5, 5.41) is 0.676. The first kappa shape index (κ1) is 11.9. The van der Waals surface area contributed by atoms with Crippen LogP contribution in [0.3, 0.4) is 0 Å². The number of nitrogens with one attached hydrogen (secondary N) is 1. The molecule has 0 aliphatic rings. The molecule has 0 aliphatic heterocycles. The lowest BCUT2D eigenvalue weighted by molar-refractivity contribution is -0.144. The molecule has 0 spiro atoms. The highest BCUT2D eigenvalue weighted by atomic mass is 16.2. The van der Waals surface area contributed by atoms with Crippen molar-refractivity contribution in [1.82, 2.24) is 10.4 Å². The van der Waals surface area contributed by atoms with Gasteiger partial charge in [0.1, 0.15) is 0 Å². The van der Waals surface area contributed by atoms with Crippen molar-refractivity contribution in [3.63, 3.8) is 0 Å². The number of hydrogen-bond acceptors (Lipinski definition) is 3. The fraction of sp³-hybridized carbons (Fsp3) is 0.182. The minimum atomic E-state index is -0.531. The first-order valence-electron chi connectivity index (χ1n) is 4.69. The minimum Gasteiger partial charge on any atom is -0.273 e. The average molecular weight is 220 g/mol. The van der Waals surface area contributed by atoms with Crippen LogP contribution in [0.1, 0.15) is 24.2 Å². The van der Waals surface area contributed by atoms with Gasteiger partial charge in [-0.1, -0.05) is 18.2 Å². The van der Waals surface area contributed by atoms with Crippen molar-refractivity contribution in [2.24, 2.45) is 0 Å². The van der Waals surface area contributed by atoms with Crippen molar-refractivity contribution in [2.45, 2.75) is 13.8 Å².